The van der Waals surface area contributed by atoms with Crippen molar-refractivity contribution in [3.05, 3.63) is 17.7 Å². The van der Waals surface area contributed by atoms with Crippen molar-refractivity contribution in [3.63, 3.8) is 0 Å². The van der Waals surface area contributed by atoms with Gasteiger partial charge in [0.15, 0.2) is 11.5 Å². The minimum atomic E-state index is 0.468. The first-order valence-corrected chi connectivity index (χ1v) is 8.15. The van der Waals surface area contributed by atoms with Crippen molar-refractivity contribution < 1.29 is 14.2 Å². The smallest absolute Gasteiger partial charge is 0.203 e. The van der Waals surface area contributed by atoms with Gasteiger partial charge in [-0.25, -0.2) is 0 Å². The summed E-state index contributed by atoms with van der Waals surface area (Å²) in [6.45, 7) is 6.50. The van der Waals surface area contributed by atoms with Gasteiger partial charge in [-0.3, -0.25) is 5.01 Å². The van der Waals surface area contributed by atoms with Crippen molar-refractivity contribution in [2.24, 2.45) is 5.10 Å². The number of hydrogen-bond donors (Lipinski definition) is 0. The molecule has 1 aliphatic heterocycles. The highest BCUT2D eigenvalue weighted by molar-refractivity contribution is 5.99. The fourth-order valence-corrected chi connectivity index (χ4v) is 3.13. The number of hydrogen-bond acceptors (Lipinski definition) is 5. The molecule has 0 saturated carbocycles. The highest BCUT2D eigenvalue weighted by atomic mass is 16.5. The Labute approximate surface area is 139 Å². The minimum Gasteiger partial charge on any atom is -0.493 e. The molecule has 23 heavy (non-hydrogen) atoms. The van der Waals surface area contributed by atoms with E-state index >= 15 is 0 Å². The third kappa shape index (κ3) is 3.71. The van der Waals surface area contributed by atoms with E-state index in [1.807, 2.05) is 19.1 Å². The third-order valence-corrected chi connectivity index (χ3v) is 4.49. The molecule has 0 amide bonds. The number of nitrogens with zero attached hydrogens (tertiary/aromatic N) is 2. The van der Waals surface area contributed by atoms with Crippen molar-refractivity contribution in [1.29, 1.82) is 0 Å². The lowest BCUT2D eigenvalue weighted by molar-refractivity contribution is 0.108. The van der Waals surface area contributed by atoms with Crippen molar-refractivity contribution >= 4 is 5.71 Å². The molecule has 0 aliphatic carbocycles. The van der Waals surface area contributed by atoms with Crippen LogP contribution in [0.15, 0.2) is 17.2 Å². The summed E-state index contributed by atoms with van der Waals surface area (Å²) >= 11 is 0. The maximum atomic E-state index is 5.43. The van der Waals surface area contributed by atoms with Crippen molar-refractivity contribution in [2.75, 3.05) is 21.3 Å². The van der Waals surface area contributed by atoms with Crippen LogP contribution in [0.25, 0.3) is 0 Å². The van der Waals surface area contributed by atoms with Gasteiger partial charge in [-0.05, 0) is 52.2 Å². The average Bonchev–Trinajstić information content (AvgIpc) is 2.56. The second-order valence-corrected chi connectivity index (χ2v) is 6.11. The Kier molecular flexibility index (Phi) is 5.74. The third-order valence-electron chi connectivity index (χ3n) is 4.49. The average molecular weight is 320 g/mol. The monoisotopic (exact) mass is 320 g/mol. The number of benzene rings is 1. The number of methoxy groups -OCH3 is 3. The summed E-state index contributed by atoms with van der Waals surface area (Å²) in [6.07, 6.45) is 3.66. The van der Waals surface area contributed by atoms with E-state index in [9.17, 15) is 0 Å². The topological polar surface area (TPSA) is 43.3 Å². The van der Waals surface area contributed by atoms with Crippen LogP contribution in [0.5, 0.6) is 17.2 Å². The Balaban J connectivity index is 2.38. The van der Waals surface area contributed by atoms with Crippen LogP contribution in [0.3, 0.4) is 0 Å². The van der Waals surface area contributed by atoms with Gasteiger partial charge < -0.3 is 14.2 Å². The zero-order chi connectivity index (χ0) is 17.0. The summed E-state index contributed by atoms with van der Waals surface area (Å²) in [4.78, 5) is 0. The lowest BCUT2D eigenvalue weighted by Crippen LogP contribution is -2.40. The molecular weight excluding hydrogens is 292 g/mol. The van der Waals surface area contributed by atoms with E-state index in [1.165, 1.54) is 19.3 Å². The predicted molar refractivity (Wildman–Crippen MR) is 92.9 cm³/mol. The molecule has 1 fully saturated rings. The summed E-state index contributed by atoms with van der Waals surface area (Å²) in [7, 11) is 4.86. The Bertz CT molecular complexity index is 536. The molecule has 128 valence electrons. The van der Waals surface area contributed by atoms with Gasteiger partial charge in [0.1, 0.15) is 0 Å². The molecule has 1 saturated heterocycles. The van der Waals surface area contributed by atoms with Crippen LogP contribution < -0.4 is 14.2 Å². The largest absolute Gasteiger partial charge is 0.493 e. The van der Waals surface area contributed by atoms with Crippen molar-refractivity contribution in [3.8, 4) is 17.2 Å². The maximum absolute atomic E-state index is 5.43. The van der Waals surface area contributed by atoms with E-state index in [-0.39, 0.29) is 0 Å². The Morgan fingerprint density at radius 2 is 1.52 bits per heavy atom. The maximum Gasteiger partial charge on any atom is 0.203 e. The highest BCUT2D eigenvalue weighted by Crippen LogP contribution is 2.38. The summed E-state index contributed by atoms with van der Waals surface area (Å²) in [6, 6.07) is 4.82. The second-order valence-electron chi connectivity index (χ2n) is 6.11. The first-order valence-electron chi connectivity index (χ1n) is 8.15. The van der Waals surface area contributed by atoms with Gasteiger partial charge in [-0.1, -0.05) is 0 Å². The first kappa shape index (κ1) is 17.4. The predicted octanol–water partition coefficient (Wildman–Crippen LogP) is 3.70. The standard InChI is InChI=1S/C18H28N2O3/c1-12-8-7-9-13(2)20(12)19-14(3)15-10-16(21-4)18(23-6)17(11-15)22-5/h10-13H,7-9H2,1-6H3. The molecule has 0 N–H and O–H groups in total. The minimum absolute atomic E-state index is 0.468. The molecule has 0 spiro atoms. The Morgan fingerprint density at radius 1 is 1.00 bits per heavy atom. The molecule has 2 atom stereocenters. The molecule has 0 aromatic heterocycles. The zero-order valence-corrected chi connectivity index (χ0v) is 15.0. The van der Waals surface area contributed by atoms with Gasteiger partial charge in [-0.2, -0.15) is 5.10 Å². The zero-order valence-electron chi connectivity index (χ0n) is 15.0. The SMILES string of the molecule is COc1cc(C(C)=NN2C(C)CCCC2C)cc(OC)c1OC. The number of hydrazone groups is 1. The molecule has 2 rings (SSSR count). The van der Waals surface area contributed by atoms with Crippen LogP contribution in [0, 0.1) is 0 Å². The van der Waals surface area contributed by atoms with Gasteiger partial charge in [0.25, 0.3) is 0 Å². The molecular formula is C18H28N2O3. The number of piperidine rings is 1. The Morgan fingerprint density at radius 3 is 1.96 bits per heavy atom. The van der Waals surface area contributed by atoms with Gasteiger partial charge in [-0.15, -0.1) is 0 Å². The summed E-state index contributed by atoms with van der Waals surface area (Å²) in [5.41, 5.74) is 1.93. The van der Waals surface area contributed by atoms with Gasteiger partial charge >= 0.3 is 0 Å². The molecule has 5 nitrogen and oxygen atoms in total. The van der Waals surface area contributed by atoms with Gasteiger partial charge in [0.2, 0.25) is 5.75 Å². The van der Waals surface area contributed by atoms with Crippen LogP contribution in [0.2, 0.25) is 0 Å². The quantitative estimate of drug-likeness (QED) is 0.776. The Hall–Kier alpha value is -1.91. The molecule has 1 aliphatic rings. The molecule has 0 radical (unpaired) electrons. The van der Waals surface area contributed by atoms with Crippen molar-refractivity contribution in [1.82, 2.24) is 5.01 Å². The van der Waals surface area contributed by atoms with Gasteiger partial charge in [0.05, 0.1) is 27.0 Å². The van der Waals surface area contributed by atoms with E-state index in [1.54, 1.807) is 21.3 Å². The molecule has 1 aromatic rings. The van der Waals surface area contributed by atoms with Crippen molar-refractivity contribution in [2.45, 2.75) is 52.1 Å². The second kappa shape index (κ2) is 7.57. The molecule has 1 heterocycles. The fourth-order valence-electron chi connectivity index (χ4n) is 3.13. The molecule has 1 aromatic carbocycles. The summed E-state index contributed by atoms with van der Waals surface area (Å²) in [5, 5.41) is 7.10. The lowest BCUT2D eigenvalue weighted by Gasteiger charge is -2.37. The lowest BCUT2D eigenvalue weighted by atomic mass is 10.00. The van der Waals surface area contributed by atoms with Crippen LogP contribution in [0.4, 0.5) is 0 Å². The van der Waals surface area contributed by atoms with Crippen LogP contribution in [-0.2, 0) is 0 Å². The van der Waals surface area contributed by atoms with Gasteiger partial charge in [0, 0.05) is 17.6 Å². The fraction of sp³-hybridized carbons (Fsp3) is 0.611. The number of ether oxygens (including phenoxy) is 3. The van der Waals surface area contributed by atoms with Crippen LogP contribution in [-0.4, -0.2) is 44.1 Å². The molecule has 5 heteroatoms. The summed E-state index contributed by atoms with van der Waals surface area (Å²) < 4.78 is 16.2. The first-order chi connectivity index (χ1) is 11.0. The molecule has 2 unspecified atom stereocenters. The van der Waals surface area contributed by atoms with E-state index in [0.29, 0.717) is 29.3 Å². The van der Waals surface area contributed by atoms with E-state index in [2.05, 4.69) is 18.9 Å². The van der Waals surface area contributed by atoms with E-state index in [0.717, 1.165) is 11.3 Å². The van der Waals surface area contributed by atoms with Crippen LogP contribution in [0.1, 0.15) is 45.6 Å². The van der Waals surface area contributed by atoms with E-state index < -0.39 is 0 Å². The summed E-state index contributed by atoms with van der Waals surface area (Å²) in [5.74, 6) is 1.90. The highest BCUT2D eigenvalue weighted by Gasteiger charge is 2.24. The number of rotatable bonds is 5. The van der Waals surface area contributed by atoms with Crippen LogP contribution >= 0.6 is 0 Å². The normalized spacial score (nSPS) is 22.0. The van der Waals surface area contributed by atoms with E-state index in [4.69, 9.17) is 19.3 Å². The molecule has 0 bridgehead atoms.